The zero-order chi connectivity index (χ0) is 22.6. The van der Waals surface area contributed by atoms with Gasteiger partial charge in [-0.1, -0.05) is 26.5 Å². The maximum Gasteiger partial charge on any atom is 0.325 e. The highest BCUT2D eigenvalue weighted by Gasteiger charge is 2.64. The lowest BCUT2D eigenvalue weighted by atomic mass is 9.56. The number of urea groups is 1. The molecule has 0 bridgehead atoms. The SMILES string of the molecule is C=C1/C=C(OCC(C)C)\C=C/CCC2(CCC(OC)CC2)C12NC(=O)N(CCF)C2=O. The highest BCUT2D eigenvalue weighted by molar-refractivity contribution is 6.10. The number of alkyl halides is 1. The fraction of sp³-hybridized carbons (Fsp3) is 0.667. The van der Waals surface area contributed by atoms with Gasteiger partial charge in [0.25, 0.3) is 5.91 Å². The van der Waals surface area contributed by atoms with Crippen molar-refractivity contribution in [1.82, 2.24) is 10.2 Å². The minimum absolute atomic E-state index is 0.133. The van der Waals surface area contributed by atoms with E-state index in [1.54, 1.807) is 13.2 Å². The number of ether oxygens (including phenoxy) is 2. The second kappa shape index (κ2) is 9.55. The van der Waals surface area contributed by atoms with Gasteiger partial charge in [-0.25, -0.2) is 9.18 Å². The minimum Gasteiger partial charge on any atom is -0.493 e. The third kappa shape index (κ3) is 4.29. The number of nitrogens with one attached hydrogen (secondary N) is 1. The number of nitrogens with zero attached hydrogens (tertiary/aromatic N) is 1. The number of allylic oxidation sites excluding steroid dienone is 2. The van der Waals surface area contributed by atoms with Crippen LogP contribution in [0.3, 0.4) is 0 Å². The molecular weight excluding hydrogens is 399 g/mol. The number of hydrogen-bond donors (Lipinski definition) is 1. The molecule has 2 aliphatic carbocycles. The normalized spacial score (nSPS) is 34.4. The first-order valence-corrected chi connectivity index (χ1v) is 11.2. The topological polar surface area (TPSA) is 67.9 Å². The van der Waals surface area contributed by atoms with Crippen LogP contribution in [-0.2, 0) is 14.3 Å². The molecule has 7 heteroatoms. The van der Waals surface area contributed by atoms with Gasteiger partial charge in [-0.3, -0.25) is 9.69 Å². The van der Waals surface area contributed by atoms with Crippen molar-refractivity contribution in [3.05, 3.63) is 36.1 Å². The van der Waals surface area contributed by atoms with Gasteiger partial charge in [-0.15, -0.1) is 0 Å². The van der Waals surface area contributed by atoms with Crippen LogP contribution in [0, 0.1) is 11.3 Å². The van der Waals surface area contributed by atoms with Gasteiger partial charge >= 0.3 is 6.03 Å². The first-order chi connectivity index (χ1) is 14.8. The van der Waals surface area contributed by atoms with Crippen LogP contribution in [0.15, 0.2) is 36.1 Å². The first-order valence-electron chi connectivity index (χ1n) is 11.2. The molecule has 1 N–H and O–H groups in total. The number of hydrogen-bond acceptors (Lipinski definition) is 4. The highest BCUT2D eigenvalue weighted by atomic mass is 19.1. The molecule has 0 aromatic rings. The molecule has 1 atom stereocenters. The zero-order valence-electron chi connectivity index (χ0n) is 18.9. The molecule has 2 fully saturated rings. The van der Waals surface area contributed by atoms with Crippen LogP contribution < -0.4 is 5.32 Å². The molecule has 31 heavy (non-hydrogen) atoms. The molecule has 0 aromatic carbocycles. The van der Waals surface area contributed by atoms with E-state index in [9.17, 15) is 14.0 Å². The lowest BCUT2D eigenvalue weighted by Crippen LogP contribution is -2.62. The molecule has 1 saturated carbocycles. The third-order valence-corrected chi connectivity index (χ3v) is 6.89. The van der Waals surface area contributed by atoms with Crippen LogP contribution in [0.5, 0.6) is 0 Å². The first kappa shape index (κ1) is 23.5. The van der Waals surface area contributed by atoms with Gasteiger partial charge in [-0.2, -0.15) is 0 Å². The van der Waals surface area contributed by atoms with E-state index in [1.165, 1.54) is 0 Å². The second-order valence-corrected chi connectivity index (χ2v) is 9.26. The Morgan fingerprint density at radius 1 is 1.29 bits per heavy atom. The Labute approximate surface area is 184 Å². The number of carbonyl (C=O) groups excluding carboxylic acids is 2. The summed E-state index contributed by atoms with van der Waals surface area (Å²) < 4.78 is 24.7. The van der Waals surface area contributed by atoms with Gasteiger partial charge in [0.1, 0.15) is 12.4 Å². The van der Waals surface area contributed by atoms with E-state index in [2.05, 4.69) is 31.8 Å². The molecule has 3 aliphatic rings. The van der Waals surface area contributed by atoms with Crippen LogP contribution >= 0.6 is 0 Å². The largest absolute Gasteiger partial charge is 0.493 e. The Morgan fingerprint density at radius 2 is 2.00 bits per heavy atom. The van der Waals surface area contributed by atoms with Crippen molar-refractivity contribution in [2.24, 2.45) is 11.3 Å². The van der Waals surface area contributed by atoms with E-state index in [1.807, 2.05) is 6.08 Å². The van der Waals surface area contributed by atoms with E-state index in [0.717, 1.165) is 24.2 Å². The molecule has 1 heterocycles. The van der Waals surface area contributed by atoms with Crippen LogP contribution in [0.4, 0.5) is 9.18 Å². The van der Waals surface area contributed by atoms with Gasteiger partial charge in [0.05, 0.1) is 19.3 Å². The number of halogens is 1. The Morgan fingerprint density at radius 3 is 2.61 bits per heavy atom. The summed E-state index contributed by atoms with van der Waals surface area (Å²) in [5.41, 5.74) is -1.34. The lowest BCUT2D eigenvalue weighted by molar-refractivity contribution is -0.136. The highest BCUT2D eigenvalue weighted by Crippen LogP contribution is 2.54. The summed E-state index contributed by atoms with van der Waals surface area (Å²) in [6, 6.07) is -0.553. The number of fused-ring (bicyclic) bond motifs is 1. The summed E-state index contributed by atoms with van der Waals surface area (Å²) in [6.45, 7) is 7.89. The van der Waals surface area contributed by atoms with Gasteiger partial charge in [0, 0.05) is 12.5 Å². The van der Waals surface area contributed by atoms with Crippen molar-refractivity contribution < 1.29 is 23.5 Å². The van der Waals surface area contributed by atoms with Crippen molar-refractivity contribution in [3.63, 3.8) is 0 Å². The predicted molar refractivity (Wildman–Crippen MR) is 117 cm³/mol. The van der Waals surface area contributed by atoms with Crippen molar-refractivity contribution in [1.29, 1.82) is 0 Å². The molecule has 0 aromatic heterocycles. The van der Waals surface area contributed by atoms with Crippen LogP contribution in [0.25, 0.3) is 0 Å². The van der Waals surface area contributed by atoms with Gasteiger partial charge in [0.15, 0.2) is 5.54 Å². The van der Waals surface area contributed by atoms with Crippen molar-refractivity contribution in [3.8, 4) is 0 Å². The Balaban J connectivity index is 2.07. The molecule has 6 nitrogen and oxygen atoms in total. The molecular formula is C24H35FN2O4. The summed E-state index contributed by atoms with van der Waals surface area (Å²) in [4.78, 5) is 27.6. The average molecular weight is 435 g/mol. The molecule has 0 radical (unpaired) electrons. The van der Waals surface area contributed by atoms with Crippen LogP contribution in [0.2, 0.25) is 0 Å². The lowest BCUT2D eigenvalue weighted by Gasteiger charge is -2.50. The Hall–Kier alpha value is -2.15. The van der Waals surface area contributed by atoms with Crippen molar-refractivity contribution >= 4 is 11.9 Å². The number of imide groups is 1. The zero-order valence-corrected chi connectivity index (χ0v) is 18.9. The molecule has 1 aliphatic heterocycles. The molecule has 3 amide bonds. The van der Waals surface area contributed by atoms with E-state index in [4.69, 9.17) is 9.47 Å². The maximum atomic E-state index is 13.8. The molecule has 1 saturated heterocycles. The van der Waals surface area contributed by atoms with Crippen LogP contribution in [0.1, 0.15) is 52.4 Å². The minimum atomic E-state index is -1.31. The number of rotatable bonds is 6. The Bertz CT molecular complexity index is 768. The van der Waals surface area contributed by atoms with E-state index in [0.29, 0.717) is 43.1 Å². The Kier molecular flexibility index (Phi) is 7.24. The van der Waals surface area contributed by atoms with Gasteiger partial charge in [-0.05, 0) is 62.2 Å². The monoisotopic (exact) mass is 434 g/mol. The smallest absolute Gasteiger partial charge is 0.325 e. The summed E-state index contributed by atoms with van der Waals surface area (Å²) in [5, 5.41) is 2.98. The molecule has 172 valence electrons. The quantitative estimate of drug-likeness (QED) is 0.634. The second-order valence-electron chi connectivity index (χ2n) is 9.26. The summed E-state index contributed by atoms with van der Waals surface area (Å²) in [6.07, 6.45) is 10.3. The van der Waals surface area contributed by atoms with E-state index < -0.39 is 29.6 Å². The van der Waals surface area contributed by atoms with Crippen molar-refractivity contribution in [2.45, 2.75) is 64.0 Å². The molecule has 1 unspecified atom stereocenters. The van der Waals surface area contributed by atoms with Crippen molar-refractivity contribution in [2.75, 3.05) is 26.9 Å². The fourth-order valence-corrected chi connectivity index (χ4v) is 5.21. The predicted octanol–water partition coefficient (Wildman–Crippen LogP) is 4.28. The number of amides is 3. The summed E-state index contributed by atoms with van der Waals surface area (Å²) in [5.74, 6) is 0.553. The molecule has 3 rings (SSSR count). The van der Waals surface area contributed by atoms with Gasteiger partial charge in [0.2, 0.25) is 0 Å². The third-order valence-electron chi connectivity index (χ3n) is 6.89. The van der Waals surface area contributed by atoms with Crippen LogP contribution in [-0.4, -0.2) is 55.4 Å². The van der Waals surface area contributed by atoms with E-state index >= 15 is 0 Å². The number of methoxy groups -OCH3 is 1. The molecule has 2 spiro atoms. The standard InChI is InChI=1S/C24H35FN2O4/c1-17(2)16-31-20-7-5-6-10-23(11-8-19(30-4)9-12-23)24(18(3)15-20)21(28)27(14-13-25)22(29)26-24/h5,7,15,17,19H,3,6,8-14,16H2,1-2,4H3,(H,26,29)/b7-5-,20-15+. The van der Waals surface area contributed by atoms with E-state index in [-0.39, 0.29) is 12.6 Å². The average Bonchev–Trinajstić information content (AvgIpc) is 3.03. The summed E-state index contributed by atoms with van der Waals surface area (Å²) >= 11 is 0. The summed E-state index contributed by atoms with van der Waals surface area (Å²) in [7, 11) is 1.70. The number of carbonyl (C=O) groups is 2. The van der Waals surface area contributed by atoms with Gasteiger partial charge < -0.3 is 14.8 Å². The maximum absolute atomic E-state index is 13.8. The fourth-order valence-electron chi connectivity index (χ4n) is 5.21.